The molecule has 0 rings (SSSR count). The predicted molar refractivity (Wildman–Crippen MR) is 36.8 cm³/mol. The summed E-state index contributed by atoms with van der Waals surface area (Å²) in [6.45, 7) is 0. The third kappa shape index (κ3) is 223. The van der Waals surface area contributed by atoms with E-state index in [1.54, 1.807) is 0 Å². The van der Waals surface area contributed by atoms with Crippen LogP contribution in [0.15, 0.2) is 0 Å². The van der Waals surface area contributed by atoms with Crippen LogP contribution >= 0.6 is 0 Å². The van der Waals surface area contributed by atoms with E-state index in [9.17, 15) is 0 Å². The maximum atomic E-state index is 8.25. The number of hydrogen-bond donors (Lipinski definition) is 0. The average molecular weight is 256 g/mol. The van der Waals surface area contributed by atoms with Gasteiger partial charge in [-0.2, -0.15) is 0 Å². The molecule has 13 heteroatoms. The van der Waals surface area contributed by atoms with Gasteiger partial charge >= 0.3 is 0 Å². The molecule has 0 aromatic rings. The topological polar surface area (TPSA) is 199 Å². The Balaban J connectivity index is -0.0000000450. The molecule has 0 atom stereocenters. The summed E-state index contributed by atoms with van der Waals surface area (Å²) in [5.74, 6) is 0. The molecule has 12 nitrogen and oxygen atoms in total. The van der Waals surface area contributed by atoms with Crippen molar-refractivity contribution in [3.8, 4) is 0 Å². The van der Waals surface area contributed by atoms with Crippen molar-refractivity contribution in [2.45, 2.75) is 0 Å². The van der Waals surface area contributed by atoms with E-state index in [1.807, 2.05) is 0 Å². The van der Waals surface area contributed by atoms with Gasteiger partial charge in [-0.1, -0.05) is 0 Å². The van der Waals surface area contributed by atoms with Crippen LogP contribution in [0.2, 0.25) is 0 Å². The summed E-state index contributed by atoms with van der Waals surface area (Å²) >= 11 is 0. The van der Waals surface area contributed by atoms with E-state index in [4.69, 9.17) is 46.0 Å². The summed E-state index contributed by atoms with van der Waals surface area (Å²) in [6, 6.07) is 0. The first-order valence-electron chi connectivity index (χ1n) is 1.64. The normalized spacial score (nSPS) is 5.54. The summed E-state index contributed by atoms with van der Waals surface area (Å²) in [6.07, 6.45) is 0. The molecule has 0 spiro atoms. The van der Waals surface area contributed by atoms with E-state index in [1.165, 1.54) is 0 Å². The van der Waals surface area contributed by atoms with Crippen LogP contribution in [0.1, 0.15) is 0 Å². The molecule has 0 saturated carbocycles. The van der Waals surface area contributed by atoms with Crippen molar-refractivity contribution in [3.63, 3.8) is 0 Å². The predicted octanol–water partition coefficient (Wildman–Crippen LogP) is -1.10. The van der Waals surface area contributed by atoms with Gasteiger partial charge in [-0.25, -0.2) is 0 Å². The van der Waals surface area contributed by atoms with Gasteiger partial charge in [-0.05, 0) is 0 Å². The molecular formula is GaN3O9-3. The standard InChI is InChI=1S/Ga.3NO3/c;3*2-1(3)4/q;3*-1. The minimum Gasteiger partial charge on any atom is -0.356 e. The van der Waals surface area contributed by atoms with Crippen molar-refractivity contribution in [2.75, 3.05) is 0 Å². The quantitative estimate of drug-likeness (QED) is 0.292. The van der Waals surface area contributed by atoms with E-state index in [-0.39, 0.29) is 19.8 Å². The van der Waals surface area contributed by atoms with Crippen molar-refractivity contribution in [2.24, 2.45) is 0 Å². The molecule has 13 heavy (non-hydrogen) atoms. The second kappa shape index (κ2) is 16.7. The Morgan fingerprint density at radius 2 is 0.538 bits per heavy atom. The maximum Gasteiger partial charge on any atom is 0.0689 e. The Morgan fingerprint density at radius 3 is 0.538 bits per heavy atom. The number of rotatable bonds is 0. The van der Waals surface area contributed by atoms with Crippen LogP contribution < -0.4 is 0 Å². The van der Waals surface area contributed by atoms with Crippen molar-refractivity contribution in [1.29, 1.82) is 0 Å². The molecule has 0 heterocycles. The number of nitrogens with zero attached hydrogens (tertiary/aromatic N) is 3. The monoisotopic (exact) mass is 255 g/mol. The molecule has 0 amide bonds. The van der Waals surface area contributed by atoms with Crippen molar-refractivity contribution >= 4 is 19.8 Å². The first kappa shape index (κ1) is 22.5. The Hall–Kier alpha value is -1.76. The molecule has 0 unspecified atom stereocenters. The molecule has 0 aliphatic heterocycles. The zero-order chi connectivity index (χ0) is 10.7. The Bertz CT molecular complexity index is 112. The summed E-state index contributed by atoms with van der Waals surface area (Å²) in [4.78, 5) is 24.8. The Labute approximate surface area is 81.8 Å². The van der Waals surface area contributed by atoms with Gasteiger partial charge in [0.25, 0.3) is 0 Å². The summed E-state index contributed by atoms with van der Waals surface area (Å²) in [7, 11) is 0. The van der Waals surface area contributed by atoms with Crippen LogP contribution in [0, 0.1) is 46.0 Å². The second-order valence-electron chi connectivity index (χ2n) is 0.671. The molecule has 0 aliphatic carbocycles. The van der Waals surface area contributed by atoms with Gasteiger partial charge in [-0.3, -0.25) is 0 Å². The average Bonchev–Trinajstić information content (AvgIpc) is 1.54. The number of hydrogen-bond acceptors (Lipinski definition) is 9. The van der Waals surface area contributed by atoms with Gasteiger partial charge in [0.15, 0.2) is 0 Å². The van der Waals surface area contributed by atoms with Crippen molar-refractivity contribution in [1.82, 2.24) is 0 Å². The SMILES string of the molecule is O=[N+]([O-])[O-].O=[N+]([O-])[O-].O=[N+]([O-])[O-].[Ga]. The van der Waals surface area contributed by atoms with Gasteiger partial charge in [0, 0.05) is 19.8 Å². The maximum absolute atomic E-state index is 8.25. The minimum atomic E-state index is -1.75. The van der Waals surface area contributed by atoms with E-state index < -0.39 is 15.3 Å². The second-order valence-corrected chi connectivity index (χ2v) is 0.671. The van der Waals surface area contributed by atoms with E-state index in [2.05, 4.69) is 0 Å². The van der Waals surface area contributed by atoms with Crippen LogP contribution in [0.4, 0.5) is 0 Å². The van der Waals surface area contributed by atoms with Crippen LogP contribution in [0.5, 0.6) is 0 Å². The summed E-state index contributed by atoms with van der Waals surface area (Å²) < 4.78 is 0. The van der Waals surface area contributed by atoms with Gasteiger partial charge in [-0.15, -0.1) is 0 Å². The van der Waals surface area contributed by atoms with Crippen LogP contribution in [0.3, 0.4) is 0 Å². The third-order valence-electron chi connectivity index (χ3n) is 0. The molecule has 0 aliphatic rings. The van der Waals surface area contributed by atoms with Gasteiger partial charge in [0.05, 0.1) is 15.3 Å². The Kier molecular flexibility index (Phi) is 28.8. The smallest absolute Gasteiger partial charge is 0.0689 e. The molecule has 75 valence electrons. The zero-order valence-electron chi connectivity index (χ0n) is 5.59. The minimum absolute atomic E-state index is 0. The first-order valence-corrected chi connectivity index (χ1v) is 1.64. The first-order chi connectivity index (χ1) is 5.20. The van der Waals surface area contributed by atoms with E-state index in [0.29, 0.717) is 0 Å². The van der Waals surface area contributed by atoms with Gasteiger partial charge in [0.2, 0.25) is 0 Å². The summed E-state index contributed by atoms with van der Waals surface area (Å²) in [5.41, 5.74) is 0. The molecule has 0 aromatic carbocycles. The van der Waals surface area contributed by atoms with Crippen LogP contribution in [0.25, 0.3) is 0 Å². The molecule has 0 N–H and O–H groups in total. The molecule has 0 bridgehead atoms. The molecule has 0 fully saturated rings. The Morgan fingerprint density at radius 1 is 0.538 bits per heavy atom. The fraction of sp³-hybridized carbons (Fsp3) is 0. The van der Waals surface area contributed by atoms with Crippen LogP contribution in [-0.4, -0.2) is 35.1 Å². The van der Waals surface area contributed by atoms with Gasteiger partial charge in [0.1, 0.15) is 0 Å². The van der Waals surface area contributed by atoms with Crippen molar-refractivity contribution < 1.29 is 15.3 Å². The fourth-order valence-corrected chi connectivity index (χ4v) is 0. The zero-order valence-corrected chi connectivity index (χ0v) is 8.02. The fourth-order valence-electron chi connectivity index (χ4n) is 0. The van der Waals surface area contributed by atoms with Crippen LogP contribution in [-0.2, 0) is 0 Å². The van der Waals surface area contributed by atoms with E-state index >= 15 is 0 Å². The van der Waals surface area contributed by atoms with E-state index in [0.717, 1.165) is 0 Å². The molecule has 0 aromatic heterocycles. The van der Waals surface area contributed by atoms with Crippen molar-refractivity contribution in [3.05, 3.63) is 46.0 Å². The van der Waals surface area contributed by atoms with Gasteiger partial charge < -0.3 is 46.0 Å². The summed E-state index contributed by atoms with van der Waals surface area (Å²) in [5, 5.41) is 44.2. The molecular weight excluding hydrogens is 256 g/mol. The third-order valence-corrected chi connectivity index (χ3v) is 0. The molecule has 0 saturated heterocycles. The molecule has 3 radical (unpaired) electrons. The largest absolute Gasteiger partial charge is 0.356 e.